The minimum atomic E-state index is -0.825. The standard InChI is InChI=1S/C12H15F2NO/c1-2-3-9(15)7-12(16)10-5-4-8(13)6-11(10)14/h4-6,9H,2-3,7,15H2,1H3. The number of hydrogen-bond donors (Lipinski definition) is 1. The van der Waals surface area contributed by atoms with Crippen LogP contribution in [0.5, 0.6) is 0 Å². The molecule has 16 heavy (non-hydrogen) atoms. The first kappa shape index (κ1) is 12.8. The summed E-state index contributed by atoms with van der Waals surface area (Å²) in [7, 11) is 0. The summed E-state index contributed by atoms with van der Waals surface area (Å²) < 4.78 is 25.9. The molecule has 1 aromatic rings. The number of carbonyl (C=O) groups is 1. The first-order valence-corrected chi connectivity index (χ1v) is 5.28. The molecule has 2 N–H and O–H groups in total. The van der Waals surface area contributed by atoms with Crippen LogP contribution < -0.4 is 5.73 Å². The number of nitrogens with two attached hydrogens (primary N) is 1. The van der Waals surface area contributed by atoms with Gasteiger partial charge < -0.3 is 5.73 Å². The van der Waals surface area contributed by atoms with Crippen molar-refractivity contribution in [2.24, 2.45) is 5.73 Å². The van der Waals surface area contributed by atoms with E-state index in [-0.39, 0.29) is 23.8 Å². The Kier molecular flexibility index (Phi) is 4.55. The topological polar surface area (TPSA) is 43.1 Å². The van der Waals surface area contributed by atoms with Crippen molar-refractivity contribution in [2.75, 3.05) is 0 Å². The van der Waals surface area contributed by atoms with E-state index in [2.05, 4.69) is 0 Å². The summed E-state index contributed by atoms with van der Waals surface area (Å²) in [5, 5.41) is 0. The Morgan fingerprint density at radius 1 is 1.44 bits per heavy atom. The van der Waals surface area contributed by atoms with E-state index in [9.17, 15) is 13.6 Å². The average Bonchev–Trinajstić information content (AvgIpc) is 2.17. The second-order valence-electron chi connectivity index (χ2n) is 3.80. The highest BCUT2D eigenvalue weighted by molar-refractivity contribution is 5.96. The summed E-state index contributed by atoms with van der Waals surface area (Å²) in [6, 6.07) is 2.67. The van der Waals surface area contributed by atoms with Gasteiger partial charge in [0.05, 0.1) is 5.56 Å². The van der Waals surface area contributed by atoms with Crippen LogP contribution in [-0.4, -0.2) is 11.8 Å². The van der Waals surface area contributed by atoms with Crippen LogP contribution in [0.1, 0.15) is 36.5 Å². The Labute approximate surface area is 93.5 Å². The highest BCUT2D eigenvalue weighted by Gasteiger charge is 2.15. The molecule has 0 fully saturated rings. The van der Waals surface area contributed by atoms with E-state index in [0.717, 1.165) is 18.6 Å². The summed E-state index contributed by atoms with van der Waals surface area (Å²) in [5.74, 6) is -1.89. The van der Waals surface area contributed by atoms with Gasteiger partial charge >= 0.3 is 0 Å². The maximum absolute atomic E-state index is 13.2. The predicted octanol–water partition coefficient (Wildman–Crippen LogP) is 2.67. The molecule has 1 aromatic carbocycles. The monoisotopic (exact) mass is 227 g/mol. The first-order valence-electron chi connectivity index (χ1n) is 5.28. The van der Waals surface area contributed by atoms with E-state index >= 15 is 0 Å². The maximum Gasteiger partial charge on any atom is 0.167 e. The molecule has 88 valence electrons. The number of hydrogen-bond acceptors (Lipinski definition) is 2. The first-order chi connectivity index (χ1) is 7.54. The molecular formula is C12H15F2NO. The van der Waals surface area contributed by atoms with Crippen LogP contribution in [0, 0.1) is 11.6 Å². The van der Waals surface area contributed by atoms with Crippen molar-refractivity contribution in [1.82, 2.24) is 0 Å². The Hall–Kier alpha value is -1.29. The van der Waals surface area contributed by atoms with Gasteiger partial charge in [-0.1, -0.05) is 13.3 Å². The van der Waals surface area contributed by atoms with Crippen LogP contribution in [0.25, 0.3) is 0 Å². The minimum Gasteiger partial charge on any atom is -0.327 e. The summed E-state index contributed by atoms with van der Waals surface area (Å²) >= 11 is 0. The van der Waals surface area contributed by atoms with Crippen LogP contribution in [0.2, 0.25) is 0 Å². The lowest BCUT2D eigenvalue weighted by Crippen LogP contribution is -2.23. The normalized spacial score (nSPS) is 12.5. The molecule has 1 atom stereocenters. The van der Waals surface area contributed by atoms with Gasteiger partial charge in [0.25, 0.3) is 0 Å². The largest absolute Gasteiger partial charge is 0.327 e. The van der Waals surface area contributed by atoms with Gasteiger partial charge in [-0.05, 0) is 18.6 Å². The predicted molar refractivity (Wildman–Crippen MR) is 58.2 cm³/mol. The van der Waals surface area contributed by atoms with E-state index in [0.29, 0.717) is 12.5 Å². The number of Topliss-reactive ketones (excluding diaryl/α,β-unsaturated/α-hetero) is 1. The second kappa shape index (κ2) is 5.70. The smallest absolute Gasteiger partial charge is 0.167 e. The third kappa shape index (κ3) is 3.38. The number of benzene rings is 1. The molecule has 0 amide bonds. The zero-order chi connectivity index (χ0) is 12.1. The lowest BCUT2D eigenvalue weighted by Gasteiger charge is -2.09. The lowest BCUT2D eigenvalue weighted by molar-refractivity contribution is 0.0969. The van der Waals surface area contributed by atoms with Crippen LogP contribution >= 0.6 is 0 Å². The second-order valence-corrected chi connectivity index (χ2v) is 3.80. The number of ketones is 1. The fraction of sp³-hybridized carbons (Fsp3) is 0.417. The zero-order valence-electron chi connectivity index (χ0n) is 9.17. The molecule has 0 saturated heterocycles. The Balaban J connectivity index is 2.73. The van der Waals surface area contributed by atoms with E-state index in [1.54, 1.807) is 0 Å². The molecule has 0 aliphatic carbocycles. The van der Waals surface area contributed by atoms with E-state index in [1.165, 1.54) is 0 Å². The van der Waals surface area contributed by atoms with Gasteiger partial charge in [-0.15, -0.1) is 0 Å². The highest BCUT2D eigenvalue weighted by Crippen LogP contribution is 2.13. The summed E-state index contributed by atoms with van der Waals surface area (Å²) in [5.41, 5.74) is 5.60. The molecule has 1 unspecified atom stereocenters. The van der Waals surface area contributed by atoms with E-state index < -0.39 is 11.6 Å². The lowest BCUT2D eigenvalue weighted by atomic mass is 10.0. The number of halogens is 2. The third-order valence-corrected chi connectivity index (χ3v) is 2.34. The minimum absolute atomic E-state index is 0.0899. The SMILES string of the molecule is CCCC(N)CC(=O)c1ccc(F)cc1F. The highest BCUT2D eigenvalue weighted by atomic mass is 19.1. The van der Waals surface area contributed by atoms with Crippen molar-refractivity contribution < 1.29 is 13.6 Å². The van der Waals surface area contributed by atoms with Crippen molar-refractivity contribution in [2.45, 2.75) is 32.2 Å². The van der Waals surface area contributed by atoms with Gasteiger partial charge in [0.15, 0.2) is 5.78 Å². The number of carbonyl (C=O) groups excluding carboxylic acids is 1. The zero-order valence-corrected chi connectivity index (χ0v) is 9.17. The molecule has 0 heterocycles. The van der Waals surface area contributed by atoms with Crippen LogP contribution in [-0.2, 0) is 0 Å². The summed E-state index contributed by atoms with van der Waals surface area (Å²) in [6.45, 7) is 1.96. The average molecular weight is 227 g/mol. The fourth-order valence-electron chi connectivity index (χ4n) is 1.54. The molecular weight excluding hydrogens is 212 g/mol. The van der Waals surface area contributed by atoms with Crippen molar-refractivity contribution in [3.8, 4) is 0 Å². The molecule has 1 rings (SSSR count). The molecule has 0 bridgehead atoms. The van der Waals surface area contributed by atoms with E-state index in [1.807, 2.05) is 6.92 Å². The Bertz CT molecular complexity index is 379. The Morgan fingerprint density at radius 3 is 2.69 bits per heavy atom. The van der Waals surface area contributed by atoms with Gasteiger partial charge in [0.1, 0.15) is 11.6 Å². The van der Waals surface area contributed by atoms with Crippen molar-refractivity contribution in [1.29, 1.82) is 0 Å². The molecule has 0 saturated carbocycles. The quantitative estimate of drug-likeness (QED) is 0.786. The van der Waals surface area contributed by atoms with Crippen molar-refractivity contribution >= 4 is 5.78 Å². The molecule has 0 aliphatic heterocycles. The van der Waals surface area contributed by atoms with Crippen molar-refractivity contribution in [3.63, 3.8) is 0 Å². The Morgan fingerprint density at radius 2 is 2.12 bits per heavy atom. The van der Waals surface area contributed by atoms with Gasteiger partial charge in [-0.3, -0.25) is 4.79 Å². The van der Waals surface area contributed by atoms with Crippen LogP contribution in [0.15, 0.2) is 18.2 Å². The molecule has 0 spiro atoms. The molecule has 0 aliphatic rings. The van der Waals surface area contributed by atoms with Crippen molar-refractivity contribution in [3.05, 3.63) is 35.4 Å². The van der Waals surface area contributed by atoms with Gasteiger partial charge in [-0.2, -0.15) is 0 Å². The van der Waals surface area contributed by atoms with Gasteiger partial charge in [0.2, 0.25) is 0 Å². The molecule has 2 nitrogen and oxygen atoms in total. The van der Waals surface area contributed by atoms with E-state index in [4.69, 9.17) is 5.73 Å². The maximum atomic E-state index is 13.2. The van der Waals surface area contributed by atoms with Crippen LogP contribution in [0.3, 0.4) is 0 Å². The van der Waals surface area contributed by atoms with Crippen LogP contribution in [0.4, 0.5) is 8.78 Å². The van der Waals surface area contributed by atoms with Gasteiger partial charge in [0, 0.05) is 18.5 Å². The van der Waals surface area contributed by atoms with Gasteiger partial charge in [-0.25, -0.2) is 8.78 Å². The fourth-order valence-corrected chi connectivity index (χ4v) is 1.54. The molecule has 0 radical (unpaired) electrons. The summed E-state index contributed by atoms with van der Waals surface area (Å²) in [4.78, 5) is 11.6. The third-order valence-electron chi connectivity index (χ3n) is 2.34. The number of rotatable bonds is 5. The summed E-state index contributed by atoms with van der Waals surface area (Å²) in [6.07, 6.45) is 1.69. The molecule has 0 aromatic heterocycles. The molecule has 4 heteroatoms.